The average molecular weight is 240 g/mol. The lowest BCUT2D eigenvalue weighted by atomic mass is 10.2. The van der Waals surface area contributed by atoms with Crippen molar-refractivity contribution in [2.24, 2.45) is 0 Å². The van der Waals surface area contributed by atoms with E-state index >= 15 is 0 Å². The fraction of sp³-hybridized carbons (Fsp3) is 0.333. The Bertz CT molecular complexity index is 299. The second kappa shape index (κ2) is 4.94. The fourth-order valence-electron chi connectivity index (χ4n) is 0.938. The van der Waals surface area contributed by atoms with E-state index in [4.69, 9.17) is 39.5 Å². The lowest BCUT2D eigenvalue weighted by Crippen LogP contribution is -1.93. The molecule has 1 rings (SSSR count). The van der Waals surface area contributed by atoms with Crippen LogP contribution < -0.4 is 4.74 Å². The molecule has 4 heteroatoms. The first-order chi connectivity index (χ1) is 6.19. The van der Waals surface area contributed by atoms with Gasteiger partial charge in [-0.2, -0.15) is 0 Å². The van der Waals surface area contributed by atoms with E-state index in [9.17, 15) is 0 Å². The first-order valence-corrected chi connectivity index (χ1v) is 5.14. The van der Waals surface area contributed by atoms with Crippen LogP contribution in [-0.2, 0) is 5.88 Å². The van der Waals surface area contributed by atoms with Crippen LogP contribution in [0, 0.1) is 0 Å². The topological polar surface area (TPSA) is 9.23 Å². The second-order valence-electron chi connectivity index (χ2n) is 2.44. The maximum Gasteiger partial charge on any atom is 0.139 e. The maximum atomic E-state index is 5.92. The molecule has 0 fully saturated rings. The third-order valence-electron chi connectivity index (χ3n) is 1.54. The lowest BCUT2D eigenvalue weighted by molar-refractivity contribution is 0.340. The summed E-state index contributed by atoms with van der Waals surface area (Å²) in [6, 6.07) is 3.41. The minimum Gasteiger partial charge on any atom is -0.492 e. The van der Waals surface area contributed by atoms with Crippen molar-refractivity contribution < 1.29 is 4.74 Å². The van der Waals surface area contributed by atoms with Gasteiger partial charge in [0, 0.05) is 17.0 Å². The fourth-order valence-corrected chi connectivity index (χ4v) is 1.69. The second-order valence-corrected chi connectivity index (χ2v) is 3.52. The Morgan fingerprint density at radius 3 is 2.46 bits per heavy atom. The van der Waals surface area contributed by atoms with Gasteiger partial charge in [0.1, 0.15) is 5.75 Å². The number of hydrogen-bond acceptors (Lipinski definition) is 1. The van der Waals surface area contributed by atoms with E-state index in [1.807, 2.05) is 6.92 Å². The number of halogens is 3. The van der Waals surface area contributed by atoms with Crippen molar-refractivity contribution in [3.8, 4) is 5.75 Å². The van der Waals surface area contributed by atoms with Gasteiger partial charge >= 0.3 is 0 Å². The monoisotopic (exact) mass is 238 g/mol. The van der Waals surface area contributed by atoms with Gasteiger partial charge in [-0.05, 0) is 18.6 Å². The highest BCUT2D eigenvalue weighted by molar-refractivity contribution is 6.35. The first-order valence-electron chi connectivity index (χ1n) is 3.85. The van der Waals surface area contributed by atoms with Gasteiger partial charge in [-0.1, -0.05) is 23.2 Å². The minimum atomic E-state index is 0.352. The predicted octanol–water partition coefficient (Wildman–Crippen LogP) is 4.13. The standard InChI is InChI=1S/C9H9Cl3O/c1-2-13-9-4-7(11)6(5-10)3-8(9)12/h3-4H,2,5H2,1H3. The van der Waals surface area contributed by atoms with E-state index in [-0.39, 0.29) is 0 Å². The van der Waals surface area contributed by atoms with Crippen molar-refractivity contribution in [1.82, 2.24) is 0 Å². The summed E-state index contributed by atoms with van der Waals surface area (Å²) in [5.74, 6) is 0.952. The van der Waals surface area contributed by atoms with Gasteiger partial charge in [0.15, 0.2) is 0 Å². The number of alkyl halides is 1. The van der Waals surface area contributed by atoms with Crippen molar-refractivity contribution in [3.05, 3.63) is 27.7 Å². The summed E-state index contributed by atoms with van der Waals surface area (Å²) in [4.78, 5) is 0. The lowest BCUT2D eigenvalue weighted by Gasteiger charge is -2.08. The summed E-state index contributed by atoms with van der Waals surface area (Å²) in [7, 11) is 0. The van der Waals surface area contributed by atoms with Gasteiger partial charge in [0.25, 0.3) is 0 Å². The van der Waals surface area contributed by atoms with Crippen molar-refractivity contribution in [3.63, 3.8) is 0 Å². The van der Waals surface area contributed by atoms with Crippen molar-refractivity contribution in [2.75, 3.05) is 6.61 Å². The van der Waals surface area contributed by atoms with E-state index in [1.54, 1.807) is 12.1 Å². The van der Waals surface area contributed by atoms with Crippen molar-refractivity contribution >= 4 is 34.8 Å². The quantitative estimate of drug-likeness (QED) is 0.721. The number of benzene rings is 1. The van der Waals surface area contributed by atoms with Crippen LogP contribution in [0.5, 0.6) is 5.75 Å². The van der Waals surface area contributed by atoms with Crippen molar-refractivity contribution in [2.45, 2.75) is 12.8 Å². The van der Waals surface area contributed by atoms with Crippen LogP contribution in [0.25, 0.3) is 0 Å². The summed E-state index contributed by atoms with van der Waals surface area (Å²) >= 11 is 17.5. The largest absolute Gasteiger partial charge is 0.492 e. The van der Waals surface area contributed by atoms with E-state index in [0.717, 1.165) is 5.56 Å². The van der Waals surface area contributed by atoms with Gasteiger partial charge in [-0.3, -0.25) is 0 Å². The van der Waals surface area contributed by atoms with E-state index in [2.05, 4.69) is 0 Å². The molecule has 0 aromatic heterocycles. The Morgan fingerprint density at radius 1 is 1.23 bits per heavy atom. The van der Waals surface area contributed by atoms with Gasteiger partial charge in [-0.15, -0.1) is 11.6 Å². The van der Waals surface area contributed by atoms with Gasteiger partial charge in [-0.25, -0.2) is 0 Å². The Hall–Kier alpha value is -0.110. The van der Waals surface area contributed by atoms with E-state index in [1.165, 1.54) is 0 Å². The zero-order valence-electron chi connectivity index (χ0n) is 7.11. The average Bonchev–Trinajstić information content (AvgIpc) is 2.11. The molecule has 0 aliphatic carbocycles. The molecule has 72 valence electrons. The third kappa shape index (κ3) is 2.67. The summed E-state index contributed by atoms with van der Waals surface area (Å²) in [5, 5.41) is 1.13. The van der Waals surface area contributed by atoms with Crippen LogP contribution >= 0.6 is 34.8 Å². The molecule has 0 saturated heterocycles. The van der Waals surface area contributed by atoms with Crippen LogP contribution in [0.2, 0.25) is 10.0 Å². The maximum absolute atomic E-state index is 5.92. The molecule has 1 aromatic rings. The molecule has 0 spiro atoms. The normalized spacial score (nSPS) is 10.2. The molecule has 0 aliphatic heterocycles. The van der Waals surface area contributed by atoms with Gasteiger partial charge < -0.3 is 4.74 Å². The summed E-state index contributed by atoms with van der Waals surface area (Å²) in [6.45, 7) is 2.45. The zero-order valence-corrected chi connectivity index (χ0v) is 9.38. The smallest absolute Gasteiger partial charge is 0.139 e. The number of rotatable bonds is 3. The molecule has 1 nitrogen and oxygen atoms in total. The van der Waals surface area contributed by atoms with Crippen LogP contribution in [0.15, 0.2) is 12.1 Å². The third-order valence-corrected chi connectivity index (χ3v) is 2.48. The first kappa shape index (κ1) is 11.0. The SMILES string of the molecule is CCOc1cc(Cl)c(CCl)cc1Cl. The van der Waals surface area contributed by atoms with E-state index in [0.29, 0.717) is 28.3 Å². The summed E-state index contributed by atoms with van der Waals surface area (Å²) < 4.78 is 5.26. The Kier molecular flexibility index (Phi) is 4.17. The molecule has 0 amide bonds. The van der Waals surface area contributed by atoms with Gasteiger partial charge in [0.05, 0.1) is 11.6 Å². The van der Waals surface area contributed by atoms with Crippen LogP contribution in [0.1, 0.15) is 12.5 Å². The number of hydrogen-bond donors (Lipinski definition) is 0. The van der Waals surface area contributed by atoms with Crippen molar-refractivity contribution in [1.29, 1.82) is 0 Å². The van der Waals surface area contributed by atoms with Crippen LogP contribution in [-0.4, -0.2) is 6.61 Å². The molecular weight excluding hydrogens is 230 g/mol. The Labute approximate surface area is 92.5 Å². The highest BCUT2D eigenvalue weighted by atomic mass is 35.5. The summed E-state index contributed by atoms with van der Waals surface area (Å²) in [6.07, 6.45) is 0. The number of ether oxygens (including phenoxy) is 1. The molecule has 0 radical (unpaired) electrons. The van der Waals surface area contributed by atoms with E-state index < -0.39 is 0 Å². The molecular formula is C9H9Cl3O. The molecule has 0 unspecified atom stereocenters. The molecule has 0 heterocycles. The predicted molar refractivity (Wildman–Crippen MR) is 57.2 cm³/mol. The molecule has 0 aliphatic rings. The zero-order chi connectivity index (χ0) is 9.84. The van der Waals surface area contributed by atoms with Crippen LogP contribution in [0.4, 0.5) is 0 Å². The molecule has 0 bridgehead atoms. The molecule has 0 atom stereocenters. The van der Waals surface area contributed by atoms with Crippen LogP contribution in [0.3, 0.4) is 0 Å². The highest BCUT2D eigenvalue weighted by Gasteiger charge is 2.06. The Morgan fingerprint density at radius 2 is 1.92 bits per heavy atom. The molecule has 0 N–H and O–H groups in total. The minimum absolute atomic E-state index is 0.352. The Balaban J connectivity index is 3.05. The molecule has 0 saturated carbocycles. The van der Waals surface area contributed by atoms with Gasteiger partial charge in [0.2, 0.25) is 0 Å². The highest BCUT2D eigenvalue weighted by Crippen LogP contribution is 2.31. The molecule has 1 aromatic carbocycles. The molecule has 13 heavy (non-hydrogen) atoms. The summed E-state index contributed by atoms with van der Waals surface area (Å²) in [5.41, 5.74) is 0.816.